The molecular weight excluding hydrogens is 254 g/mol. The summed E-state index contributed by atoms with van der Waals surface area (Å²) in [6, 6.07) is 9.60. The van der Waals surface area contributed by atoms with Gasteiger partial charge in [-0.05, 0) is 12.8 Å². The van der Waals surface area contributed by atoms with Gasteiger partial charge in [-0.15, -0.1) is 0 Å². The number of nitrogens with one attached hydrogen (secondary N) is 1. The summed E-state index contributed by atoms with van der Waals surface area (Å²) in [7, 11) is 0. The number of carbonyl (C=O) groups is 1. The highest BCUT2D eigenvalue weighted by Crippen LogP contribution is 2.25. The molecule has 0 spiro atoms. The molecule has 1 aromatic carbocycles. The highest BCUT2D eigenvalue weighted by atomic mass is 16.3. The molecule has 1 aromatic heterocycles. The van der Waals surface area contributed by atoms with Gasteiger partial charge in [-0.1, -0.05) is 30.3 Å². The molecule has 0 unspecified atom stereocenters. The predicted octanol–water partition coefficient (Wildman–Crippen LogP) is 1.67. The molecule has 1 amide bonds. The van der Waals surface area contributed by atoms with Crippen LogP contribution in [0.5, 0.6) is 0 Å². The summed E-state index contributed by atoms with van der Waals surface area (Å²) < 4.78 is 0. The average Bonchev–Trinajstić information content (AvgIpc) is 3.16. The molecule has 1 fully saturated rings. The number of benzene rings is 1. The number of nitrogens with zero attached hydrogens (tertiary/aromatic N) is 2. The summed E-state index contributed by atoms with van der Waals surface area (Å²) >= 11 is 0. The Balaban J connectivity index is 1.92. The molecule has 2 N–H and O–H groups in total. The van der Waals surface area contributed by atoms with Crippen molar-refractivity contribution < 1.29 is 9.90 Å². The minimum Gasteiger partial charge on any atom is -0.394 e. The van der Waals surface area contributed by atoms with E-state index in [2.05, 4.69) is 10.2 Å². The molecule has 20 heavy (non-hydrogen) atoms. The van der Waals surface area contributed by atoms with Crippen LogP contribution in [0.25, 0.3) is 11.3 Å². The first-order valence-electron chi connectivity index (χ1n) is 6.82. The van der Waals surface area contributed by atoms with Crippen LogP contribution in [0.1, 0.15) is 23.2 Å². The number of aliphatic hydroxyl groups excluding tert-OH is 1. The van der Waals surface area contributed by atoms with Crippen LogP contribution >= 0.6 is 0 Å². The maximum atomic E-state index is 12.6. The molecule has 1 aliphatic rings. The first-order valence-corrected chi connectivity index (χ1v) is 6.82. The van der Waals surface area contributed by atoms with E-state index >= 15 is 0 Å². The number of aliphatic hydroxyl groups is 1. The van der Waals surface area contributed by atoms with E-state index < -0.39 is 0 Å². The third-order valence-corrected chi connectivity index (χ3v) is 3.78. The largest absolute Gasteiger partial charge is 0.394 e. The van der Waals surface area contributed by atoms with Crippen molar-refractivity contribution in [3.8, 4) is 11.3 Å². The number of aromatic amines is 1. The molecular formula is C15H17N3O2. The lowest BCUT2D eigenvalue weighted by Gasteiger charge is -2.22. The number of rotatable bonds is 3. The Bertz CT molecular complexity index is 594. The zero-order valence-corrected chi connectivity index (χ0v) is 11.1. The van der Waals surface area contributed by atoms with Crippen molar-refractivity contribution in [3.63, 3.8) is 0 Å². The lowest BCUT2D eigenvalue weighted by atomic mass is 10.1. The van der Waals surface area contributed by atoms with Gasteiger partial charge in [0.15, 0.2) is 0 Å². The Morgan fingerprint density at radius 3 is 2.95 bits per heavy atom. The average molecular weight is 271 g/mol. The molecule has 2 aromatic rings. The molecule has 5 nitrogen and oxygen atoms in total. The fourth-order valence-electron chi connectivity index (χ4n) is 2.72. The standard InChI is InChI=1S/C15H17N3O2/c19-10-12-7-4-8-18(12)15(20)13-9-16-17-14(13)11-5-2-1-3-6-11/h1-3,5-6,9,12,19H,4,7-8,10H2,(H,16,17)/t12-/m1/s1. The number of H-pyrrole nitrogens is 1. The van der Waals surface area contributed by atoms with E-state index in [9.17, 15) is 9.90 Å². The SMILES string of the molecule is O=C(c1cn[nH]c1-c1ccccc1)N1CCC[C@@H]1CO. The van der Waals surface area contributed by atoms with Crippen molar-refractivity contribution in [2.45, 2.75) is 18.9 Å². The molecule has 1 atom stereocenters. The minimum atomic E-state index is -0.0685. The lowest BCUT2D eigenvalue weighted by molar-refractivity contribution is 0.0678. The van der Waals surface area contributed by atoms with Crippen molar-refractivity contribution in [2.75, 3.05) is 13.2 Å². The Hall–Kier alpha value is -2.14. The Morgan fingerprint density at radius 1 is 1.40 bits per heavy atom. The fourth-order valence-corrected chi connectivity index (χ4v) is 2.72. The Kier molecular flexibility index (Phi) is 3.52. The Morgan fingerprint density at radius 2 is 2.20 bits per heavy atom. The van der Waals surface area contributed by atoms with Crippen LogP contribution in [0.2, 0.25) is 0 Å². The zero-order chi connectivity index (χ0) is 13.9. The van der Waals surface area contributed by atoms with Gasteiger partial charge in [0.25, 0.3) is 5.91 Å². The first-order chi connectivity index (χ1) is 9.81. The van der Waals surface area contributed by atoms with Crippen molar-refractivity contribution >= 4 is 5.91 Å². The summed E-state index contributed by atoms with van der Waals surface area (Å²) in [5.41, 5.74) is 2.24. The summed E-state index contributed by atoms with van der Waals surface area (Å²) in [5, 5.41) is 16.3. The van der Waals surface area contributed by atoms with Gasteiger partial charge in [-0.25, -0.2) is 0 Å². The van der Waals surface area contributed by atoms with E-state index in [1.165, 1.54) is 0 Å². The second-order valence-electron chi connectivity index (χ2n) is 5.00. The zero-order valence-electron chi connectivity index (χ0n) is 11.1. The molecule has 5 heteroatoms. The van der Waals surface area contributed by atoms with Crippen molar-refractivity contribution in [2.24, 2.45) is 0 Å². The number of likely N-dealkylation sites (tertiary alicyclic amines) is 1. The van der Waals surface area contributed by atoms with Crippen LogP contribution in [0.15, 0.2) is 36.5 Å². The van der Waals surface area contributed by atoms with E-state index in [4.69, 9.17) is 0 Å². The maximum Gasteiger partial charge on any atom is 0.258 e. The number of hydrogen-bond acceptors (Lipinski definition) is 3. The number of hydrogen-bond donors (Lipinski definition) is 2. The molecule has 0 bridgehead atoms. The maximum absolute atomic E-state index is 12.6. The van der Waals surface area contributed by atoms with Gasteiger partial charge in [-0.2, -0.15) is 5.10 Å². The third kappa shape index (κ3) is 2.20. The smallest absolute Gasteiger partial charge is 0.258 e. The van der Waals surface area contributed by atoms with E-state index in [1.807, 2.05) is 30.3 Å². The van der Waals surface area contributed by atoms with Crippen LogP contribution in [-0.2, 0) is 0 Å². The number of amides is 1. The summed E-state index contributed by atoms with van der Waals surface area (Å²) in [4.78, 5) is 14.4. The summed E-state index contributed by atoms with van der Waals surface area (Å²) in [6.07, 6.45) is 3.37. The van der Waals surface area contributed by atoms with Crippen LogP contribution in [0.3, 0.4) is 0 Å². The van der Waals surface area contributed by atoms with Crippen LogP contribution in [0.4, 0.5) is 0 Å². The second kappa shape index (κ2) is 5.46. The number of carbonyl (C=O) groups excluding carboxylic acids is 1. The topological polar surface area (TPSA) is 69.2 Å². The van der Waals surface area contributed by atoms with Gasteiger partial charge in [0.2, 0.25) is 0 Å². The van der Waals surface area contributed by atoms with Gasteiger partial charge in [0, 0.05) is 12.1 Å². The Labute approximate surface area is 117 Å². The highest BCUT2D eigenvalue weighted by molar-refractivity contribution is 6.00. The second-order valence-corrected chi connectivity index (χ2v) is 5.00. The molecule has 1 aliphatic heterocycles. The molecule has 3 rings (SSSR count). The van der Waals surface area contributed by atoms with Crippen molar-refractivity contribution in [1.29, 1.82) is 0 Å². The molecule has 1 saturated heterocycles. The quantitative estimate of drug-likeness (QED) is 0.892. The lowest BCUT2D eigenvalue weighted by Crippen LogP contribution is -2.37. The minimum absolute atomic E-state index is 0.0181. The van der Waals surface area contributed by atoms with Crippen molar-refractivity contribution in [1.82, 2.24) is 15.1 Å². The highest BCUT2D eigenvalue weighted by Gasteiger charge is 2.30. The van der Waals surface area contributed by atoms with Crippen LogP contribution in [0, 0.1) is 0 Å². The van der Waals surface area contributed by atoms with Crippen LogP contribution in [-0.4, -0.2) is 45.3 Å². The van der Waals surface area contributed by atoms with Gasteiger partial charge in [-0.3, -0.25) is 9.89 Å². The van der Waals surface area contributed by atoms with E-state index in [-0.39, 0.29) is 18.6 Å². The molecule has 0 radical (unpaired) electrons. The molecule has 2 heterocycles. The van der Waals surface area contributed by atoms with E-state index in [0.717, 1.165) is 24.1 Å². The van der Waals surface area contributed by atoms with Gasteiger partial charge in [0.05, 0.1) is 30.1 Å². The third-order valence-electron chi connectivity index (χ3n) is 3.78. The van der Waals surface area contributed by atoms with E-state index in [1.54, 1.807) is 11.1 Å². The van der Waals surface area contributed by atoms with E-state index in [0.29, 0.717) is 12.1 Å². The van der Waals surface area contributed by atoms with Gasteiger partial charge < -0.3 is 10.0 Å². The summed E-state index contributed by atoms with van der Waals surface area (Å²) in [6.45, 7) is 0.716. The van der Waals surface area contributed by atoms with Gasteiger partial charge in [0.1, 0.15) is 0 Å². The molecule has 104 valence electrons. The molecule has 0 aliphatic carbocycles. The summed E-state index contributed by atoms with van der Waals surface area (Å²) in [5.74, 6) is -0.0610. The first kappa shape index (κ1) is 12.9. The van der Waals surface area contributed by atoms with Gasteiger partial charge >= 0.3 is 0 Å². The normalized spacial score (nSPS) is 18.4. The predicted molar refractivity (Wildman–Crippen MR) is 75.2 cm³/mol. The number of aromatic nitrogens is 2. The van der Waals surface area contributed by atoms with Crippen LogP contribution < -0.4 is 0 Å². The fraction of sp³-hybridized carbons (Fsp3) is 0.333. The monoisotopic (exact) mass is 271 g/mol. The molecule has 0 saturated carbocycles. The van der Waals surface area contributed by atoms with Crippen molar-refractivity contribution in [3.05, 3.63) is 42.1 Å².